The molecule has 1 saturated heterocycles. The van der Waals surface area contributed by atoms with Gasteiger partial charge in [-0.25, -0.2) is 0 Å². The molecular weight excluding hydrogens is 260 g/mol. The van der Waals surface area contributed by atoms with Crippen molar-refractivity contribution in [1.29, 1.82) is 0 Å². The van der Waals surface area contributed by atoms with Gasteiger partial charge in [0.05, 0.1) is 0 Å². The number of Topliss-reactive ketones (excluding diaryl/α,β-unsaturated/α-hetero) is 1. The summed E-state index contributed by atoms with van der Waals surface area (Å²) in [5.74, 6) is 0.667. The standard InChI is InChI=1S/C16H19ClO2/c1-10-8-15(2,3)13(18)14-16(10,19-14)9-11-4-6-12(17)7-5-11/h4-7,10,14H,8-9H2,1-3H3. The molecular formula is C16H19ClO2. The molecule has 1 saturated carbocycles. The van der Waals surface area contributed by atoms with Gasteiger partial charge in [-0.1, -0.05) is 44.5 Å². The normalized spacial score (nSPS) is 35.9. The zero-order chi connectivity index (χ0) is 13.8. The van der Waals surface area contributed by atoms with Gasteiger partial charge >= 0.3 is 0 Å². The molecule has 0 bridgehead atoms. The van der Waals surface area contributed by atoms with Crippen molar-refractivity contribution in [2.45, 2.75) is 45.3 Å². The van der Waals surface area contributed by atoms with E-state index in [1.165, 1.54) is 5.56 Å². The summed E-state index contributed by atoms with van der Waals surface area (Å²) in [5.41, 5.74) is 0.677. The van der Waals surface area contributed by atoms with Gasteiger partial charge in [0, 0.05) is 16.9 Å². The maximum atomic E-state index is 12.3. The van der Waals surface area contributed by atoms with E-state index in [4.69, 9.17) is 16.3 Å². The van der Waals surface area contributed by atoms with Gasteiger partial charge in [0.2, 0.25) is 0 Å². The van der Waals surface area contributed by atoms with Gasteiger partial charge in [0.15, 0.2) is 5.78 Å². The molecule has 3 unspecified atom stereocenters. The van der Waals surface area contributed by atoms with E-state index in [2.05, 4.69) is 6.92 Å². The van der Waals surface area contributed by atoms with Gasteiger partial charge in [-0.3, -0.25) is 4.79 Å². The minimum Gasteiger partial charge on any atom is -0.357 e. The monoisotopic (exact) mass is 278 g/mol. The first kappa shape index (κ1) is 13.1. The maximum Gasteiger partial charge on any atom is 0.170 e. The Morgan fingerprint density at radius 1 is 1.32 bits per heavy atom. The summed E-state index contributed by atoms with van der Waals surface area (Å²) in [6, 6.07) is 7.83. The highest BCUT2D eigenvalue weighted by molar-refractivity contribution is 6.30. The summed E-state index contributed by atoms with van der Waals surface area (Å²) < 4.78 is 5.88. The molecule has 1 aromatic rings. The van der Waals surface area contributed by atoms with Gasteiger partial charge in [-0.2, -0.15) is 0 Å². The molecule has 3 rings (SSSR count). The molecule has 19 heavy (non-hydrogen) atoms. The number of fused-ring (bicyclic) bond motifs is 1. The molecule has 0 spiro atoms. The smallest absolute Gasteiger partial charge is 0.170 e. The van der Waals surface area contributed by atoms with Crippen LogP contribution in [0, 0.1) is 11.3 Å². The third-order valence-electron chi connectivity index (χ3n) is 4.67. The fourth-order valence-electron chi connectivity index (χ4n) is 3.46. The molecule has 0 radical (unpaired) electrons. The van der Waals surface area contributed by atoms with E-state index >= 15 is 0 Å². The second-order valence-electron chi connectivity index (χ2n) is 6.61. The van der Waals surface area contributed by atoms with Crippen molar-refractivity contribution in [3.05, 3.63) is 34.9 Å². The lowest BCUT2D eigenvalue weighted by atomic mass is 9.65. The van der Waals surface area contributed by atoms with Crippen molar-refractivity contribution in [2.24, 2.45) is 11.3 Å². The molecule has 2 fully saturated rings. The molecule has 1 heterocycles. The van der Waals surface area contributed by atoms with E-state index in [1.807, 2.05) is 38.1 Å². The first-order valence-corrected chi connectivity index (χ1v) is 7.19. The van der Waals surface area contributed by atoms with Crippen LogP contribution in [-0.4, -0.2) is 17.5 Å². The molecule has 3 heteroatoms. The minimum atomic E-state index is -0.263. The third kappa shape index (κ3) is 2.02. The van der Waals surface area contributed by atoms with Crippen molar-refractivity contribution in [1.82, 2.24) is 0 Å². The number of carbonyl (C=O) groups excluding carboxylic acids is 1. The molecule has 2 nitrogen and oxygen atoms in total. The molecule has 0 N–H and O–H groups in total. The van der Waals surface area contributed by atoms with Crippen LogP contribution in [0.25, 0.3) is 0 Å². The van der Waals surface area contributed by atoms with Crippen molar-refractivity contribution in [3.8, 4) is 0 Å². The first-order valence-electron chi connectivity index (χ1n) is 6.82. The van der Waals surface area contributed by atoms with Crippen LogP contribution in [0.2, 0.25) is 5.02 Å². The molecule has 1 aliphatic heterocycles. The second kappa shape index (κ2) is 4.07. The van der Waals surface area contributed by atoms with E-state index < -0.39 is 0 Å². The fraction of sp³-hybridized carbons (Fsp3) is 0.562. The van der Waals surface area contributed by atoms with Gasteiger partial charge < -0.3 is 4.74 Å². The maximum absolute atomic E-state index is 12.3. The van der Waals surface area contributed by atoms with Crippen LogP contribution in [0.1, 0.15) is 32.8 Å². The minimum absolute atomic E-state index is 0.207. The molecule has 0 aromatic heterocycles. The summed E-state index contributed by atoms with van der Waals surface area (Å²) in [4.78, 5) is 12.3. The molecule has 1 aliphatic carbocycles. The lowest BCUT2D eigenvalue weighted by molar-refractivity contribution is -0.130. The van der Waals surface area contributed by atoms with Crippen molar-refractivity contribution in [3.63, 3.8) is 0 Å². The largest absolute Gasteiger partial charge is 0.357 e. The molecule has 3 atom stereocenters. The number of ketones is 1. The van der Waals surface area contributed by atoms with Crippen molar-refractivity contribution in [2.75, 3.05) is 0 Å². The Morgan fingerprint density at radius 2 is 1.95 bits per heavy atom. The average molecular weight is 279 g/mol. The van der Waals surface area contributed by atoms with E-state index in [-0.39, 0.29) is 22.9 Å². The van der Waals surface area contributed by atoms with Crippen LogP contribution < -0.4 is 0 Å². The summed E-state index contributed by atoms with van der Waals surface area (Å²) >= 11 is 5.90. The number of carbonyl (C=O) groups is 1. The van der Waals surface area contributed by atoms with Crippen LogP contribution in [0.5, 0.6) is 0 Å². The van der Waals surface area contributed by atoms with E-state index in [9.17, 15) is 4.79 Å². The lowest BCUT2D eigenvalue weighted by Crippen LogP contribution is -2.44. The van der Waals surface area contributed by atoms with Crippen molar-refractivity contribution < 1.29 is 9.53 Å². The summed E-state index contributed by atoms with van der Waals surface area (Å²) in [5, 5.41) is 0.739. The molecule has 0 amide bonds. The summed E-state index contributed by atoms with van der Waals surface area (Å²) in [6.45, 7) is 6.25. The van der Waals surface area contributed by atoms with Crippen LogP contribution in [-0.2, 0) is 16.0 Å². The molecule has 1 aromatic carbocycles. The fourth-order valence-corrected chi connectivity index (χ4v) is 3.58. The second-order valence-corrected chi connectivity index (χ2v) is 7.05. The number of hydrogen-bond acceptors (Lipinski definition) is 2. The molecule has 102 valence electrons. The van der Waals surface area contributed by atoms with Crippen molar-refractivity contribution >= 4 is 17.4 Å². The van der Waals surface area contributed by atoms with Gasteiger partial charge in [0.1, 0.15) is 11.7 Å². The number of ether oxygens (including phenoxy) is 1. The van der Waals surface area contributed by atoms with E-state index in [0.717, 1.165) is 17.9 Å². The predicted octanol–water partition coefficient (Wildman–Crippen LogP) is 3.66. The van der Waals surface area contributed by atoms with E-state index in [1.54, 1.807) is 0 Å². The van der Waals surface area contributed by atoms with Gasteiger partial charge in [0.25, 0.3) is 0 Å². The predicted molar refractivity (Wildman–Crippen MR) is 75.3 cm³/mol. The Morgan fingerprint density at radius 3 is 2.58 bits per heavy atom. The summed E-state index contributed by atoms with van der Waals surface area (Å²) in [7, 11) is 0. The van der Waals surface area contributed by atoms with Crippen LogP contribution in [0.15, 0.2) is 24.3 Å². The Labute approximate surface area is 119 Å². The number of benzene rings is 1. The number of hydrogen-bond donors (Lipinski definition) is 0. The van der Waals surface area contributed by atoms with E-state index in [0.29, 0.717) is 5.92 Å². The first-order chi connectivity index (χ1) is 8.85. The number of rotatable bonds is 2. The van der Waals surface area contributed by atoms with Gasteiger partial charge in [-0.15, -0.1) is 0 Å². The van der Waals surface area contributed by atoms with Crippen LogP contribution in [0.3, 0.4) is 0 Å². The number of halogens is 1. The topological polar surface area (TPSA) is 29.6 Å². The van der Waals surface area contributed by atoms with Gasteiger partial charge in [-0.05, 0) is 30.0 Å². The SMILES string of the molecule is CC1CC(C)(C)C(=O)C2OC12Cc1ccc(Cl)cc1. The Kier molecular flexibility index (Phi) is 2.81. The summed E-state index contributed by atoms with van der Waals surface area (Å²) in [6.07, 6.45) is 1.50. The zero-order valence-electron chi connectivity index (χ0n) is 11.6. The zero-order valence-corrected chi connectivity index (χ0v) is 12.3. The highest BCUT2D eigenvalue weighted by Gasteiger charge is 2.68. The highest BCUT2D eigenvalue weighted by Crippen LogP contribution is 2.56. The lowest BCUT2D eigenvalue weighted by Gasteiger charge is -2.34. The Bertz CT molecular complexity index is 520. The van der Waals surface area contributed by atoms with Crippen LogP contribution >= 0.6 is 11.6 Å². The number of epoxide rings is 1. The highest BCUT2D eigenvalue weighted by atomic mass is 35.5. The third-order valence-corrected chi connectivity index (χ3v) is 4.93. The Hall–Kier alpha value is -0.860. The Balaban J connectivity index is 1.83. The quantitative estimate of drug-likeness (QED) is 0.773. The van der Waals surface area contributed by atoms with Crippen LogP contribution in [0.4, 0.5) is 0 Å². The average Bonchev–Trinajstić information content (AvgIpc) is 3.06. The molecule has 2 aliphatic rings.